The summed E-state index contributed by atoms with van der Waals surface area (Å²) in [5, 5.41) is 8.70. The minimum Gasteiger partial charge on any atom is -0.395 e. The Kier molecular flexibility index (Phi) is 5.87. The van der Waals surface area contributed by atoms with Crippen LogP contribution in [0.15, 0.2) is 12.1 Å². The van der Waals surface area contributed by atoms with E-state index in [0.29, 0.717) is 12.5 Å². The smallest absolute Gasteiger partial charge is 0.0771 e. The molecule has 2 rings (SSSR count). The Labute approximate surface area is 119 Å². The molecule has 1 aromatic rings. The van der Waals surface area contributed by atoms with E-state index in [2.05, 4.69) is 35.9 Å². The first-order valence-corrected chi connectivity index (χ1v) is 7.57. The molecule has 0 aliphatic carbocycles. The molecule has 0 bridgehead atoms. The van der Waals surface area contributed by atoms with Gasteiger partial charge in [0.25, 0.3) is 0 Å². The topological polar surface area (TPSA) is 32.7 Å². The lowest BCUT2D eigenvalue weighted by Crippen LogP contribution is -2.35. The van der Waals surface area contributed by atoms with Crippen molar-refractivity contribution in [1.82, 2.24) is 4.90 Å². The van der Waals surface area contributed by atoms with Crippen LogP contribution in [-0.2, 0) is 11.3 Å². The van der Waals surface area contributed by atoms with Gasteiger partial charge in [0.15, 0.2) is 0 Å². The van der Waals surface area contributed by atoms with E-state index in [1.807, 2.05) is 0 Å². The second-order valence-electron chi connectivity index (χ2n) is 4.80. The molecule has 0 spiro atoms. The average Bonchev–Trinajstić information content (AvgIpc) is 2.88. The van der Waals surface area contributed by atoms with Crippen molar-refractivity contribution in [2.24, 2.45) is 0 Å². The number of hydrogen-bond donors (Lipinski definition) is 1. The lowest BCUT2D eigenvalue weighted by Gasteiger charge is -2.30. The van der Waals surface area contributed by atoms with E-state index in [9.17, 15) is 0 Å². The minimum atomic E-state index is 0.137. The van der Waals surface area contributed by atoms with Crippen LogP contribution >= 0.6 is 11.3 Å². The zero-order valence-electron chi connectivity index (χ0n) is 11.4. The zero-order chi connectivity index (χ0) is 13.5. The molecule has 1 aliphatic rings. The monoisotopic (exact) mass is 279 g/mol. The van der Waals surface area contributed by atoms with E-state index in [1.165, 1.54) is 4.88 Å². The molecule has 0 radical (unpaired) electrons. The molecule has 0 saturated carbocycles. The predicted molar refractivity (Wildman–Crippen MR) is 78.2 cm³/mol. The summed E-state index contributed by atoms with van der Waals surface area (Å²) in [4.78, 5) is 4.85. The Morgan fingerprint density at radius 2 is 2.21 bits per heavy atom. The third-order valence-corrected chi connectivity index (χ3v) is 4.31. The molecule has 0 unspecified atom stereocenters. The summed E-state index contributed by atoms with van der Waals surface area (Å²) in [6, 6.07) is 4.87. The van der Waals surface area contributed by atoms with Crippen LogP contribution < -0.4 is 0 Å². The third kappa shape index (κ3) is 4.63. The van der Waals surface area contributed by atoms with Crippen molar-refractivity contribution in [3.05, 3.63) is 21.9 Å². The van der Waals surface area contributed by atoms with Gasteiger partial charge in [0.05, 0.1) is 11.5 Å². The Morgan fingerprint density at radius 1 is 1.42 bits per heavy atom. The van der Waals surface area contributed by atoms with Crippen LogP contribution in [0.3, 0.4) is 0 Å². The quantitative estimate of drug-likeness (QED) is 0.857. The Hall–Kier alpha value is -0.860. The number of aliphatic hydroxyl groups is 1. The normalized spacial score (nSPS) is 16.4. The van der Waals surface area contributed by atoms with E-state index >= 15 is 0 Å². The number of ether oxygens (including phenoxy) is 1. The fraction of sp³-hybridized carbons (Fsp3) is 0.600. The molecule has 1 aromatic heterocycles. The van der Waals surface area contributed by atoms with Gasteiger partial charge in [-0.2, -0.15) is 0 Å². The van der Waals surface area contributed by atoms with Crippen molar-refractivity contribution in [1.29, 1.82) is 0 Å². The lowest BCUT2D eigenvalue weighted by molar-refractivity contribution is 0.0410. The van der Waals surface area contributed by atoms with Crippen molar-refractivity contribution in [3.8, 4) is 11.8 Å². The van der Waals surface area contributed by atoms with Gasteiger partial charge in [-0.1, -0.05) is 11.8 Å². The van der Waals surface area contributed by atoms with E-state index < -0.39 is 0 Å². The summed E-state index contributed by atoms with van der Waals surface area (Å²) in [6.07, 6.45) is 2.81. The van der Waals surface area contributed by atoms with Crippen molar-refractivity contribution >= 4 is 11.3 Å². The maximum Gasteiger partial charge on any atom is 0.0771 e. The Balaban J connectivity index is 1.87. The summed E-state index contributed by atoms with van der Waals surface area (Å²) in [6.45, 7) is 2.89. The fourth-order valence-corrected chi connectivity index (χ4v) is 3.18. The average molecular weight is 279 g/mol. The van der Waals surface area contributed by atoms with E-state index in [0.717, 1.165) is 37.5 Å². The van der Waals surface area contributed by atoms with Crippen molar-refractivity contribution in [3.63, 3.8) is 0 Å². The highest BCUT2D eigenvalue weighted by atomic mass is 32.1. The van der Waals surface area contributed by atoms with E-state index in [-0.39, 0.29) is 6.61 Å². The van der Waals surface area contributed by atoms with Gasteiger partial charge < -0.3 is 9.84 Å². The van der Waals surface area contributed by atoms with Crippen LogP contribution in [0.2, 0.25) is 0 Å². The maximum atomic E-state index is 8.70. The molecule has 19 heavy (non-hydrogen) atoms. The minimum absolute atomic E-state index is 0.137. The number of rotatable bonds is 4. The van der Waals surface area contributed by atoms with Gasteiger partial charge in [-0.3, -0.25) is 4.90 Å². The molecule has 2 heterocycles. The summed E-state index contributed by atoms with van der Waals surface area (Å²) in [7, 11) is 2.19. The van der Waals surface area contributed by atoms with Crippen LogP contribution in [0.1, 0.15) is 29.0 Å². The Bertz CT molecular complexity index is 440. The van der Waals surface area contributed by atoms with Gasteiger partial charge in [-0.25, -0.2) is 0 Å². The predicted octanol–water partition coefficient (Wildman–Crippen LogP) is 2.09. The van der Waals surface area contributed by atoms with Crippen LogP contribution in [0.25, 0.3) is 0 Å². The molecule has 1 aliphatic heterocycles. The first-order valence-electron chi connectivity index (χ1n) is 6.76. The van der Waals surface area contributed by atoms with Crippen LogP contribution in [0, 0.1) is 11.8 Å². The van der Waals surface area contributed by atoms with Crippen LogP contribution in [0.4, 0.5) is 0 Å². The molecule has 1 saturated heterocycles. The molecule has 3 nitrogen and oxygen atoms in total. The standard InChI is InChI=1S/C15H21NO2S/c1-16(13-7-10-18-11-8-13)12-15-6-5-14(19-15)4-2-3-9-17/h5-6,13,17H,3,7-12H2,1H3. The van der Waals surface area contributed by atoms with Crippen molar-refractivity contribution in [2.45, 2.75) is 31.8 Å². The number of aliphatic hydroxyl groups excluding tert-OH is 1. The highest BCUT2D eigenvalue weighted by Crippen LogP contribution is 2.20. The summed E-state index contributed by atoms with van der Waals surface area (Å²) in [5.74, 6) is 6.05. The van der Waals surface area contributed by atoms with Crippen LogP contribution in [0.5, 0.6) is 0 Å². The van der Waals surface area contributed by atoms with Crippen LogP contribution in [-0.4, -0.2) is 42.9 Å². The fourth-order valence-electron chi connectivity index (χ4n) is 2.24. The van der Waals surface area contributed by atoms with Crippen molar-refractivity contribution < 1.29 is 9.84 Å². The molecule has 0 atom stereocenters. The van der Waals surface area contributed by atoms with Crippen molar-refractivity contribution in [2.75, 3.05) is 26.9 Å². The summed E-state index contributed by atoms with van der Waals surface area (Å²) < 4.78 is 5.40. The lowest BCUT2D eigenvalue weighted by atomic mass is 10.1. The van der Waals surface area contributed by atoms with Gasteiger partial charge in [-0.05, 0) is 32.0 Å². The van der Waals surface area contributed by atoms with Gasteiger partial charge in [0.1, 0.15) is 0 Å². The highest BCUT2D eigenvalue weighted by molar-refractivity contribution is 7.12. The highest BCUT2D eigenvalue weighted by Gasteiger charge is 2.18. The number of nitrogens with zero attached hydrogens (tertiary/aromatic N) is 1. The molecule has 0 aromatic carbocycles. The van der Waals surface area contributed by atoms with Gasteiger partial charge in [-0.15, -0.1) is 11.3 Å². The first-order chi connectivity index (χ1) is 9.29. The molecule has 0 amide bonds. The third-order valence-electron chi connectivity index (χ3n) is 3.33. The molecule has 1 N–H and O–H groups in total. The second kappa shape index (κ2) is 7.66. The van der Waals surface area contributed by atoms with E-state index in [4.69, 9.17) is 9.84 Å². The molecular weight excluding hydrogens is 258 g/mol. The summed E-state index contributed by atoms with van der Waals surface area (Å²) >= 11 is 1.75. The molecule has 4 heteroatoms. The first kappa shape index (κ1) is 14.5. The van der Waals surface area contributed by atoms with Gasteiger partial charge >= 0.3 is 0 Å². The van der Waals surface area contributed by atoms with E-state index in [1.54, 1.807) is 11.3 Å². The number of thiophene rings is 1. The SMILES string of the molecule is CN(Cc1ccc(C#CCCO)s1)C1CCOCC1. The zero-order valence-corrected chi connectivity index (χ0v) is 12.2. The Morgan fingerprint density at radius 3 is 2.95 bits per heavy atom. The largest absolute Gasteiger partial charge is 0.395 e. The maximum absolute atomic E-state index is 8.70. The second-order valence-corrected chi connectivity index (χ2v) is 5.97. The van der Waals surface area contributed by atoms with Gasteiger partial charge in [0, 0.05) is 37.1 Å². The summed E-state index contributed by atoms with van der Waals surface area (Å²) in [5.41, 5.74) is 0. The number of hydrogen-bond acceptors (Lipinski definition) is 4. The molecule has 104 valence electrons. The molecular formula is C15H21NO2S. The van der Waals surface area contributed by atoms with Gasteiger partial charge in [0.2, 0.25) is 0 Å². The molecule has 1 fully saturated rings.